The van der Waals surface area contributed by atoms with Gasteiger partial charge in [0.1, 0.15) is 5.76 Å². The van der Waals surface area contributed by atoms with Crippen LogP contribution in [0, 0.1) is 0 Å². The Labute approximate surface area is 150 Å². The lowest BCUT2D eigenvalue weighted by atomic mass is 10.0. The van der Waals surface area contributed by atoms with Crippen molar-refractivity contribution in [1.29, 1.82) is 0 Å². The molecule has 1 heterocycles. The van der Waals surface area contributed by atoms with Gasteiger partial charge in [0.25, 0.3) is 0 Å². The Balaban J connectivity index is 2.23. The third-order valence-corrected chi connectivity index (χ3v) is 4.04. The van der Waals surface area contributed by atoms with Crippen LogP contribution in [0.1, 0.15) is 11.1 Å². The molecule has 2 aromatic carbocycles. The highest BCUT2D eigenvalue weighted by molar-refractivity contribution is 5.93. The maximum Gasteiger partial charge on any atom is 0.176 e. The van der Waals surface area contributed by atoms with E-state index in [4.69, 9.17) is 19.0 Å². The second kappa shape index (κ2) is 7.51. The summed E-state index contributed by atoms with van der Waals surface area (Å²) in [6, 6.07) is 8.32. The summed E-state index contributed by atoms with van der Waals surface area (Å²) in [7, 11) is 3.05. The molecule has 3 N–H and O–H groups in total. The molecular weight excluding hydrogens is 336 g/mol. The largest absolute Gasteiger partial charge is 0.504 e. The average molecular weight is 356 g/mol. The molecule has 0 amide bonds. The number of methoxy groups -OCH3 is 2. The second-order valence-corrected chi connectivity index (χ2v) is 5.73. The topological polar surface area (TPSA) is 92.3 Å². The van der Waals surface area contributed by atoms with Crippen LogP contribution in [0.5, 0.6) is 17.2 Å². The number of fused-ring (bicyclic) bond motifs is 1. The lowest BCUT2D eigenvalue weighted by Crippen LogP contribution is -1.90. The summed E-state index contributed by atoms with van der Waals surface area (Å²) >= 11 is 0. The molecule has 0 radical (unpaired) electrons. The van der Waals surface area contributed by atoms with Gasteiger partial charge in [-0.3, -0.25) is 0 Å². The molecule has 0 unspecified atom stereocenters. The predicted octanol–water partition coefficient (Wildman–Crippen LogP) is 3.67. The van der Waals surface area contributed by atoms with E-state index in [1.165, 1.54) is 13.2 Å². The van der Waals surface area contributed by atoms with E-state index in [-0.39, 0.29) is 24.7 Å². The summed E-state index contributed by atoms with van der Waals surface area (Å²) < 4.78 is 16.4. The first kappa shape index (κ1) is 17.8. The third-order valence-electron chi connectivity index (χ3n) is 4.04. The van der Waals surface area contributed by atoms with Crippen molar-refractivity contribution in [3.8, 4) is 28.6 Å². The van der Waals surface area contributed by atoms with Crippen molar-refractivity contribution in [2.75, 3.05) is 20.8 Å². The van der Waals surface area contributed by atoms with E-state index in [9.17, 15) is 10.2 Å². The molecule has 1 aromatic heterocycles. The van der Waals surface area contributed by atoms with Gasteiger partial charge in [-0.15, -0.1) is 0 Å². The number of hydrogen-bond donors (Lipinski definition) is 3. The van der Waals surface area contributed by atoms with Gasteiger partial charge < -0.3 is 29.2 Å². The molecule has 6 heteroatoms. The fourth-order valence-electron chi connectivity index (χ4n) is 2.88. The Morgan fingerprint density at radius 3 is 2.58 bits per heavy atom. The molecule has 0 atom stereocenters. The monoisotopic (exact) mass is 356 g/mol. The molecule has 0 saturated heterocycles. The minimum atomic E-state index is -0.0896. The van der Waals surface area contributed by atoms with Gasteiger partial charge >= 0.3 is 0 Å². The zero-order valence-electron chi connectivity index (χ0n) is 14.5. The molecule has 0 aliphatic rings. The Morgan fingerprint density at radius 2 is 1.88 bits per heavy atom. The van der Waals surface area contributed by atoms with Gasteiger partial charge in [-0.1, -0.05) is 12.2 Å². The van der Waals surface area contributed by atoms with E-state index in [0.29, 0.717) is 28.0 Å². The summed E-state index contributed by atoms with van der Waals surface area (Å²) in [5.41, 5.74) is 2.54. The highest BCUT2D eigenvalue weighted by atomic mass is 16.5. The number of aromatic hydroxyl groups is 2. The van der Waals surface area contributed by atoms with Crippen LogP contribution in [0.25, 0.3) is 28.4 Å². The van der Waals surface area contributed by atoms with Crippen molar-refractivity contribution in [2.24, 2.45) is 0 Å². The molecule has 0 fully saturated rings. The number of aliphatic hydroxyl groups excluding tert-OH is 1. The summed E-state index contributed by atoms with van der Waals surface area (Å²) in [5.74, 6) is 0.871. The molecule has 0 saturated carbocycles. The fraction of sp³-hybridized carbons (Fsp3) is 0.200. The zero-order valence-corrected chi connectivity index (χ0v) is 14.5. The van der Waals surface area contributed by atoms with Crippen LogP contribution in [-0.2, 0) is 11.3 Å². The normalized spacial score (nSPS) is 11.5. The Bertz CT molecular complexity index is 955. The lowest BCUT2D eigenvalue weighted by molar-refractivity contribution is 0.185. The summed E-state index contributed by atoms with van der Waals surface area (Å²) in [6.07, 6.45) is 3.30. The van der Waals surface area contributed by atoms with E-state index < -0.39 is 0 Å². The molecule has 0 bridgehead atoms. The molecule has 136 valence electrons. The van der Waals surface area contributed by atoms with Gasteiger partial charge in [0, 0.05) is 23.6 Å². The third kappa shape index (κ3) is 3.24. The van der Waals surface area contributed by atoms with Gasteiger partial charge in [-0.05, 0) is 35.9 Å². The predicted molar refractivity (Wildman–Crippen MR) is 98.4 cm³/mol. The van der Waals surface area contributed by atoms with Gasteiger partial charge in [0.05, 0.1) is 20.3 Å². The fourth-order valence-corrected chi connectivity index (χ4v) is 2.88. The Morgan fingerprint density at radius 1 is 1.08 bits per heavy atom. The van der Waals surface area contributed by atoms with E-state index >= 15 is 0 Å². The molecule has 3 rings (SSSR count). The first-order valence-corrected chi connectivity index (χ1v) is 8.01. The number of aliphatic hydroxyl groups is 1. The number of furan rings is 1. The minimum absolute atomic E-state index is 0.00515. The first-order valence-electron chi connectivity index (χ1n) is 8.01. The van der Waals surface area contributed by atoms with E-state index in [1.807, 2.05) is 6.07 Å². The molecule has 0 spiro atoms. The van der Waals surface area contributed by atoms with Crippen LogP contribution in [0.2, 0.25) is 0 Å². The van der Waals surface area contributed by atoms with Crippen LogP contribution < -0.4 is 4.74 Å². The van der Waals surface area contributed by atoms with Crippen LogP contribution in [-0.4, -0.2) is 36.1 Å². The summed E-state index contributed by atoms with van der Waals surface area (Å²) in [5, 5.41) is 29.8. The molecule has 0 aliphatic heterocycles. The van der Waals surface area contributed by atoms with Crippen LogP contribution >= 0.6 is 0 Å². The minimum Gasteiger partial charge on any atom is -0.504 e. The highest BCUT2D eigenvalue weighted by Gasteiger charge is 2.20. The van der Waals surface area contributed by atoms with Gasteiger partial charge in [-0.2, -0.15) is 0 Å². The molecular formula is C20H20O6. The smallest absolute Gasteiger partial charge is 0.176 e. The standard InChI is InChI=1S/C20H20O6/c1-24-11-15-14-8-12(4-3-7-21)9-17(23)20(14)26-19(15)13-5-6-16(22)18(10-13)25-2/h3-6,8-10,21-23H,7,11H2,1-2H3. The van der Waals surface area contributed by atoms with Gasteiger partial charge in [0.15, 0.2) is 22.8 Å². The van der Waals surface area contributed by atoms with E-state index in [1.54, 1.807) is 37.5 Å². The van der Waals surface area contributed by atoms with Crippen molar-refractivity contribution < 1.29 is 29.2 Å². The average Bonchev–Trinajstić information content (AvgIpc) is 3.00. The number of phenols is 2. The maximum atomic E-state index is 10.4. The van der Waals surface area contributed by atoms with Crippen LogP contribution in [0.3, 0.4) is 0 Å². The van der Waals surface area contributed by atoms with E-state index in [2.05, 4.69) is 0 Å². The summed E-state index contributed by atoms with van der Waals surface area (Å²) in [4.78, 5) is 0. The van der Waals surface area contributed by atoms with Crippen LogP contribution in [0.4, 0.5) is 0 Å². The Hall–Kier alpha value is -2.96. The Kier molecular flexibility index (Phi) is 5.16. The van der Waals surface area contributed by atoms with Crippen molar-refractivity contribution in [3.63, 3.8) is 0 Å². The highest BCUT2D eigenvalue weighted by Crippen LogP contribution is 2.41. The zero-order chi connectivity index (χ0) is 18.7. The summed E-state index contributed by atoms with van der Waals surface area (Å²) in [6.45, 7) is 0.186. The molecule has 6 nitrogen and oxygen atoms in total. The number of ether oxygens (including phenoxy) is 2. The molecule has 26 heavy (non-hydrogen) atoms. The molecule has 3 aromatic rings. The quantitative estimate of drug-likeness (QED) is 0.624. The molecule has 0 aliphatic carbocycles. The van der Waals surface area contributed by atoms with Crippen molar-refractivity contribution >= 4 is 17.0 Å². The number of benzene rings is 2. The SMILES string of the molecule is COCc1c(-c2ccc(O)c(OC)c2)oc2c(O)cc(C=CCO)cc12. The van der Waals surface area contributed by atoms with Crippen molar-refractivity contribution in [3.05, 3.63) is 47.5 Å². The number of hydrogen-bond acceptors (Lipinski definition) is 6. The second-order valence-electron chi connectivity index (χ2n) is 5.73. The number of rotatable bonds is 6. The lowest BCUT2D eigenvalue weighted by Gasteiger charge is -2.06. The maximum absolute atomic E-state index is 10.4. The van der Waals surface area contributed by atoms with Crippen molar-refractivity contribution in [2.45, 2.75) is 6.61 Å². The number of phenolic OH excluding ortho intramolecular Hbond substituents is 2. The van der Waals surface area contributed by atoms with E-state index in [0.717, 1.165) is 11.1 Å². The van der Waals surface area contributed by atoms with Gasteiger partial charge in [-0.25, -0.2) is 0 Å². The van der Waals surface area contributed by atoms with Gasteiger partial charge in [0.2, 0.25) is 0 Å². The van der Waals surface area contributed by atoms with Crippen LogP contribution in [0.15, 0.2) is 40.8 Å². The first-order chi connectivity index (χ1) is 12.6. The van der Waals surface area contributed by atoms with Crippen molar-refractivity contribution in [1.82, 2.24) is 0 Å².